The van der Waals surface area contributed by atoms with Gasteiger partial charge < -0.3 is 5.32 Å². The summed E-state index contributed by atoms with van der Waals surface area (Å²) in [6, 6.07) is 7.78. The average molecular weight is 444 g/mol. The van der Waals surface area contributed by atoms with Gasteiger partial charge in [0, 0.05) is 20.7 Å². The van der Waals surface area contributed by atoms with Crippen LogP contribution in [0.2, 0.25) is 5.02 Å². The predicted molar refractivity (Wildman–Crippen MR) is 121 cm³/mol. The highest BCUT2D eigenvalue weighted by Gasteiger charge is 2.16. The number of halogens is 1. The minimum absolute atomic E-state index is 0.135. The van der Waals surface area contributed by atoms with E-state index in [9.17, 15) is 9.59 Å². The van der Waals surface area contributed by atoms with Crippen molar-refractivity contribution in [2.24, 2.45) is 0 Å². The number of nitrogens with one attached hydrogen (secondary N) is 1. The first kappa shape index (κ1) is 19.8. The first-order valence-electron chi connectivity index (χ1n) is 8.93. The molecule has 0 aliphatic rings. The maximum absolute atomic E-state index is 13.1. The summed E-state index contributed by atoms with van der Waals surface area (Å²) in [4.78, 5) is 32.9. The van der Waals surface area contributed by atoms with E-state index in [4.69, 9.17) is 11.6 Å². The zero-order valence-corrected chi connectivity index (χ0v) is 18.5. The lowest BCUT2D eigenvalue weighted by Crippen LogP contribution is -2.28. The standard InChI is InChI=1S/C21H18ClN3O2S2/c1-11-6-12(2)19(15(22)7-11)24-17(26)8-25-10-23-20-18(21(25)27)14(9-28-20)16-5-4-13(3)29-16/h4-7,9-10H,8H2,1-3H3,(H,24,26). The number of amides is 1. The number of carbonyl (C=O) groups is 1. The Bertz CT molecular complexity index is 1280. The van der Waals surface area contributed by atoms with Crippen LogP contribution in [-0.4, -0.2) is 15.5 Å². The summed E-state index contributed by atoms with van der Waals surface area (Å²) in [6.45, 7) is 5.72. The van der Waals surface area contributed by atoms with Gasteiger partial charge in [-0.25, -0.2) is 4.98 Å². The molecule has 29 heavy (non-hydrogen) atoms. The molecule has 3 heterocycles. The number of aromatic nitrogens is 2. The highest BCUT2D eigenvalue weighted by Crippen LogP contribution is 2.35. The van der Waals surface area contributed by atoms with E-state index in [0.29, 0.717) is 20.9 Å². The van der Waals surface area contributed by atoms with Gasteiger partial charge in [-0.1, -0.05) is 17.7 Å². The molecule has 4 aromatic rings. The Labute approximate surface area is 180 Å². The Morgan fingerprint density at radius 2 is 2.03 bits per heavy atom. The van der Waals surface area contributed by atoms with E-state index in [1.54, 1.807) is 17.4 Å². The Balaban J connectivity index is 1.66. The maximum Gasteiger partial charge on any atom is 0.263 e. The summed E-state index contributed by atoms with van der Waals surface area (Å²) < 4.78 is 1.34. The molecule has 0 saturated carbocycles. The van der Waals surface area contributed by atoms with Crippen LogP contribution in [0.25, 0.3) is 20.7 Å². The lowest BCUT2D eigenvalue weighted by Gasteiger charge is -2.12. The number of thiophene rings is 2. The number of anilines is 1. The quantitative estimate of drug-likeness (QED) is 0.459. The molecule has 0 spiro atoms. The van der Waals surface area contributed by atoms with E-state index < -0.39 is 0 Å². The molecule has 0 bridgehead atoms. The second kappa shape index (κ2) is 7.74. The Kier molecular flexibility index (Phi) is 5.29. The Morgan fingerprint density at radius 1 is 1.24 bits per heavy atom. The maximum atomic E-state index is 13.1. The normalized spacial score (nSPS) is 11.2. The van der Waals surface area contributed by atoms with Crippen LogP contribution in [0.15, 0.2) is 40.8 Å². The lowest BCUT2D eigenvalue weighted by molar-refractivity contribution is -0.116. The lowest BCUT2D eigenvalue weighted by atomic mass is 10.1. The van der Waals surface area contributed by atoms with Gasteiger partial charge in [0.05, 0.1) is 22.4 Å². The molecule has 1 amide bonds. The van der Waals surface area contributed by atoms with Crippen molar-refractivity contribution < 1.29 is 4.79 Å². The molecule has 148 valence electrons. The average Bonchev–Trinajstić information content (AvgIpc) is 3.27. The highest BCUT2D eigenvalue weighted by atomic mass is 35.5. The third-order valence-electron chi connectivity index (χ3n) is 4.58. The highest BCUT2D eigenvalue weighted by molar-refractivity contribution is 7.19. The van der Waals surface area contributed by atoms with E-state index in [1.165, 1.54) is 27.1 Å². The van der Waals surface area contributed by atoms with Gasteiger partial charge in [0.1, 0.15) is 11.4 Å². The summed E-state index contributed by atoms with van der Waals surface area (Å²) in [7, 11) is 0. The zero-order chi connectivity index (χ0) is 20.7. The Hall–Kier alpha value is -2.48. The van der Waals surface area contributed by atoms with Crippen LogP contribution in [0.5, 0.6) is 0 Å². The van der Waals surface area contributed by atoms with Crippen molar-refractivity contribution in [3.8, 4) is 10.4 Å². The predicted octanol–water partition coefficient (Wildman–Crippen LogP) is 5.40. The molecule has 0 saturated heterocycles. The minimum Gasteiger partial charge on any atom is -0.323 e. The molecule has 4 rings (SSSR count). The number of rotatable bonds is 4. The number of benzene rings is 1. The number of carbonyl (C=O) groups excluding carboxylic acids is 1. The monoisotopic (exact) mass is 443 g/mol. The van der Waals surface area contributed by atoms with Gasteiger partial charge in [-0.2, -0.15) is 0 Å². The van der Waals surface area contributed by atoms with Crippen molar-refractivity contribution >= 4 is 56.1 Å². The van der Waals surface area contributed by atoms with Gasteiger partial charge in [-0.3, -0.25) is 14.2 Å². The van der Waals surface area contributed by atoms with E-state index >= 15 is 0 Å². The Morgan fingerprint density at radius 3 is 2.72 bits per heavy atom. The molecule has 0 aliphatic carbocycles. The topological polar surface area (TPSA) is 64.0 Å². The van der Waals surface area contributed by atoms with Crippen molar-refractivity contribution in [3.63, 3.8) is 0 Å². The van der Waals surface area contributed by atoms with Crippen LogP contribution in [-0.2, 0) is 11.3 Å². The molecular formula is C21H18ClN3O2S2. The number of hydrogen-bond acceptors (Lipinski definition) is 5. The molecule has 0 atom stereocenters. The van der Waals surface area contributed by atoms with Crippen molar-refractivity contribution in [2.45, 2.75) is 27.3 Å². The van der Waals surface area contributed by atoms with Crippen LogP contribution >= 0.6 is 34.3 Å². The fourth-order valence-corrected chi connectivity index (χ4v) is 5.48. The molecule has 3 aromatic heterocycles. The molecule has 1 N–H and O–H groups in total. The van der Waals surface area contributed by atoms with E-state index in [1.807, 2.05) is 44.4 Å². The van der Waals surface area contributed by atoms with Gasteiger partial charge in [-0.15, -0.1) is 22.7 Å². The van der Waals surface area contributed by atoms with Crippen molar-refractivity contribution in [3.05, 3.63) is 67.4 Å². The van der Waals surface area contributed by atoms with Gasteiger partial charge in [0.25, 0.3) is 5.56 Å². The molecule has 5 nitrogen and oxygen atoms in total. The fraction of sp³-hybridized carbons (Fsp3) is 0.190. The van der Waals surface area contributed by atoms with Crippen molar-refractivity contribution in [1.29, 1.82) is 0 Å². The van der Waals surface area contributed by atoms with Crippen molar-refractivity contribution in [2.75, 3.05) is 5.32 Å². The molecule has 0 unspecified atom stereocenters. The third kappa shape index (κ3) is 3.85. The van der Waals surface area contributed by atoms with Gasteiger partial charge >= 0.3 is 0 Å². The largest absolute Gasteiger partial charge is 0.323 e. The van der Waals surface area contributed by atoms with Crippen LogP contribution in [0.1, 0.15) is 16.0 Å². The van der Waals surface area contributed by atoms with E-state index in [0.717, 1.165) is 21.6 Å². The number of hydrogen-bond donors (Lipinski definition) is 1. The third-order valence-corrected chi connectivity index (χ3v) is 6.80. The summed E-state index contributed by atoms with van der Waals surface area (Å²) in [5.74, 6) is -0.328. The summed E-state index contributed by atoms with van der Waals surface area (Å²) in [5, 5.41) is 5.80. The molecule has 1 aromatic carbocycles. The van der Waals surface area contributed by atoms with Crippen LogP contribution in [0.3, 0.4) is 0 Å². The fourth-order valence-electron chi connectivity index (χ4n) is 3.25. The van der Waals surface area contributed by atoms with Crippen LogP contribution in [0.4, 0.5) is 5.69 Å². The zero-order valence-electron chi connectivity index (χ0n) is 16.1. The molecule has 0 aliphatic heterocycles. The van der Waals surface area contributed by atoms with Gasteiger partial charge in [0.15, 0.2) is 0 Å². The molecule has 0 fully saturated rings. The molecular weight excluding hydrogens is 426 g/mol. The number of fused-ring (bicyclic) bond motifs is 1. The first-order valence-corrected chi connectivity index (χ1v) is 11.0. The first-order chi connectivity index (χ1) is 13.8. The summed E-state index contributed by atoms with van der Waals surface area (Å²) in [6.07, 6.45) is 1.42. The summed E-state index contributed by atoms with van der Waals surface area (Å²) >= 11 is 9.34. The second-order valence-electron chi connectivity index (χ2n) is 6.90. The minimum atomic E-state index is -0.328. The van der Waals surface area contributed by atoms with Crippen LogP contribution < -0.4 is 10.9 Å². The van der Waals surface area contributed by atoms with E-state index in [2.05, 4.69) is 10.3 Å². The number of nitrogens with zero attached hydrogens (tertiary/aromatic N) is 2. The molecule has 0 radical (unpaired) electrons. The van der Waals surface area contributed by atoms with Gasteiger partial charge in [0.2, 0.25) is 5.91 Å². The van der Waals surface area contributed by atoms with Crippen molar-refractivity contribution in [1.82, 2.24) is 9.55 Å². The van der Waals surface area contributed by atoms with Gasteiger partial charge in [-0.05, 0) is 50.1 Å². The van der Waals surface area contributed by atoms with E-state index in [-0.39, 0.29) is 18.0 Å². The van der Waals surface area contributed by atoms with Crippen LogP contribution in [0, 0.1) is 20.8 Å². The summed E-state index contributed by atoms with van der Waals surface area (Å²) in [5.41, 5.74) is 3.10. The smallest absolute Gasteiger partial charge is 0.263 e. The number of aryl methyl sites for hydroxylation is 3. The SMILES string of the molecule is Cc1cc(C)c(NC(=O)Cn2cnc3scc(-c4ccc(C)s4)c3c2=O)c(Cl)c1. The second-order valence-corrected chi connectivity index (χ2v) is 9.46. The molecule has 8 heteroatoms.